The summed E-state index contributed by atoms with van der Waals surface area (Å²) in [6, 6.07) is 11.7. The Morgan fingerprint density at radius 1 is 1.11 bits per heavy atom. The van der Waals surface area contributed by atoms with Crippen LogP contribution in [0, 0.1) is 5.82 Å². The van der Waals surface area contributed by atoms with Crippen molar-refractivity contribution in [3.05, 3.63) is 59.9 Å². The van der Waals surface area contributed by atoms with E-state index in [9.17, 15) is 18.8 Å². The summed E-state index contributed by atoms with van der Waals surface area (Å²) in [6.07, 6.45) is -0.796. The lowest BCUT2D eigenvalue weighted by molar-refractivity contribution is -0.142. The van der Waals surface area contributed by atoms with E-state index in [1.165, 1.54) is 25.3 Å². The third kappa shape index (κ3) is 6.39. The van der Waals surface area contributed by atoms with Crippen molar-refractivity contribution < 1.29 is 33.4 Å². The Morgan fingerprint density at radius 3 is 2.46 bits per heavy atom. The number of halogens is 1. The lowest BCUT2D eigenvalue weighted by atomic mass is 10.0. The normalized spacial score (nSPS) is 11.4. The van der Waals surface area contributed by atoms with Crippen molar-refractivity contribution in [3.63, 3.8) is 0 Å². The van der Waals surface area contributed by atoms with Gasteiger partial charge in [0.1, 0.15) is 5.75 Å². The molecule has 0 aromatic heterocycles. The third-order valence-electron chi connectivity index (χ3n) is 3.83. The van der Waals surface area contributed by atoms with Gasteiger partial charge in [-0.25, -0.2) is 4.39 Å². The number of hydrogen-bond acceptors (Lipinski definition) is 5. The van der Waals surface area contributed by atoms with E-state index in [-0.39, 0.29) is 25.0 Å². The molecule has 0 unspecified atom stereocenters. The zero-order valence-corrected chi connectivity index (χ0v) is 15.2. The second-order valence-electron chi connectivity index (χ2n) is 5.90. The van der Waals surface area contributed by atoms with Crippen molar-refractivity contribution in [2.24, 2.45) is 0 Å². The van der Waals surface area contributed by atoms with Crippen LogP contribution in [0.5, 0.6) is 11.5 Å². The molecule has 2 aromatic carbocycles. The maximum atomic E-state index is 14.2. The number of benzene rings is 2. The second kappa shape index (κ2) is 10.1. The Bertz CT molecular complexity index is 840. The zero-order chi connectivity index (χ0) is 20.5. The van der Waals surface area contributed by atoms with Crippen LogP contribution in [0.4, 0.5) is 4.39 Å². The largest absolute Gasteiger partial charge is 0.481 e. The molecule has 1 amide bonds. The topological polar surface area (TPSA) is 102 Å². The number of methoxy groups -OCH3 is 1. The Labute approximate surface area is 161 Å². The molecule has 0 heterocycles. The Kier molecular flexibility index (Phi) is 7.50. The molecule has 0 spiro atoms. The highest BCUT2D eigenvalue weighted by molar-refractivity contribution is 5.81. The van der Waals surface area contributed by atoms with Crippen LogP contribution in [-0.2, 0) is 19.1 Å². The van der Waals surface area contributed by atoms with E-state index in [1.54, 1.807) is 30.3 Å². The fraction of sp³-hybridized carbons (Fsp3) is 0.250. The molecule has 1 atom stereocenters. The average Bonchev–Trinajstić information content (AvgIpc) is 2.68. The van der Waals surface area contributed by atoms with Crippen molar-refractivity contribution in [2.75, 3.05) is 7.11 Å². The number of ether oxygens (including phenoxy) is 2. The molecule has 2 N–H and O–H groups in total. The number of carboxylic acid groups (broad SMARTS) is 1. The summed E-state index contributed by atoms with van der Waals surface area (Å²) in [7, 11) is 1.21. The summed E-state index contributed by atoms with van der Waals surface area (Å²) in [5.74, 6) is -2.50. The van der Waals surface area contributed by atoms with Crippen LogP contribution < -0.4 is 10.1 Å². The van der Waals surface area contributed by atoms with Gasteiger partial charge in [0.15, 0.2) is 11.6 Å². The molecule has 0 radical (unpaired) electrons. The van der Waals surface area contributed by atoms with Gasteiger partial charge in [-0.15, -0.1) is 0 Å². The van der Waals surface area contributed by atoms with Crippen LogP contribution in [-0.4, -0.2) is 30.1 Å². The van der Waals surface area contributed by atoms with Gasteiger partial charge in [-0.1, -0.05) is 24.3 Å². The lowest BCUT2D eigenvalue weighted by Crippen LogP contribution is -2.30. The number of carbonyl (C=O) groups excluding carboxylic acids is 2. The van der Waals surface area contributed by atoms with E-state index in [0.29, 0.717) is 11.3 Å². The van der Waals surface area contributed by atoms with E-state index in [2.05, 4.69) is 10.1 Å². The number of carbonyl (C=O) groups is 3. The number of carboxylic acids is 1. The first kappa shape index (κ1) is 20.9. The minimum atomic E-state index is -1.11. The zero-order valence-electron chi connectivity index (χ0n) is 15.2. The molecule has 8 heteroatoms. The first-order valence-corrected chi connectivity index (χ1v) is 8.49. The van der Waals surface area contributed by atoms with Crippen molar-refractivity contribution in [3.8, 4) is 11.5 Å². The molecule has 0 saturated carbocycles. The predicted octanol–water partition coefficient (Wildman–Crippen LogP) is 3.20. The summed E-state index contributed by atoms with van der Waals surface area (Å²) >= 11 is 0. The van der Waals surface area contributed by atoms with Gasteiger partial charge in [0, 0.05) is 6.42 Å². The number of hydrogen-bond donors (Lipinski definition) is 2. The molecule has 28 heavy (non-hydrogen) atoms. The number of amides is 1. The summed E-state index contributed by atoms with van der Waals surface area (Å²) in [5.41, 5.74) is 0.418. The van der Waals surface area contributed by atoms with Gasteiger partial charge in [-0.2, -0.15) is 0 Å². The molecule has 0 saturated heterocycles. The molecular formula is C20H20FNO6. The molecule has 0 aliphatic heterocycles. The van der Waals surface area contributed by atoms with E-state index in [1.807, 2.05) is 0 Å². The molecule has 0 aliphatic rings. The molecule has 2 rings (SSSR count). The Morgan fingerprint density at radius 2 is 1.82 bits per heavy atom. The maximum absolute atomic E-state index is 14.2. The number of esters is 1. The lowest BCUT2D eigenvalue weighted by Gasteiger charge is -2.19. The highest BCUT2D eigenvalue weighted by Gasteiger charge is 2.21. The fourth-order valence-corrected chi connectivity index (χ4v) is 2.42. The Balaban J connectivity index is 2.23. The average molecular weight is 389 g/mol. The first-order chi connectivity index (χ1) is 13.4. The number of para-hydroxylation sites is 1. The molecule has 0 fully saturated rings. The Hall–Kier alpha value is -3.42. The first-order valence-electron chi connectivity index (χ1n) is 8.49. The van der Waals surface area contributed by atoms with Crippen LogP contribution >= 0.6 is 0 Å². The summed E-state index contributed by atoms with van der Waals surface area (Å²) < 4.78 is 24.3. The van der Waals surface area contributed by atoms with Crippen molar-refractivity contribution >= 4 is 17.8 Å². The SMILES string of the molecule is COC(=O)C[C@@H](NC(=O)CCC(=O)O)c1ccc(F)c(Oc2ccccc2)c1. The molecular weight excluding hydrogens is 369 g/mol. The standard InChI is InChI=1S/C20H20FNO6/c1-27-20(26)12-16(22-18(23)9-10-19(24)25)13-7-8-15(21)17(11-13)28-14-5-3-2-4-6-14/h2-8,11,16H,9-10,12H2,1H3,(H,22,23)(H,24,25)/t16-/m1/s1. The van der Waals surface area contributed by atoms with E-state index in [4.69, 9.17) is 9.84 Å². The minimum Gasteiger partial charge on any atom is -0.481 e. The molecule has 148 valence electrons. The quantitative estimate of drug-likeness (QED) is 0.639. The van der Waals surface area contributed by atoms with Gasteiger partial charge in [-0.3, -0.25) is 14.4 Å². The number of aliphatic carboxylic acids is 1. The van der Waals surface area contributed by atoms with Gasteiger partial charge in [0.25, 0.3) is 0 Å². The fourth-order valence-electron chi connectivity index (χ4n) is 2.42. The van der Waals surface area contributed by atoms with Gasteiger partial charge in [-0.05, 0) is 29.8 Å². The van der Waals surface area contributed by atoms with E-state index in [0.717, 1.165) is 0 Å². The number of rotatable bonds is 9. The van der Waals surface area contributed by atoms with Crippen LogP contribution in [0.3, 0.4) is 0 Å². The van der Waals surface area contributed by atoms with Crippen LogP contribution in [0.2, 0.25) is 0 Å². The highest BCUT2D eigenvalue weighted by atomic mass is 19.1. The van der Waals surface area contributed by atoms with Gasteiger partial charge < -0.3 is 19.9 Å². The van der Waals surface area contributed by atoms with Crippen LogP contribution in [0.15, 0.2) is 48.5 Å². The van der Waals surface area contributed by atoms with Crippen LogP contribution in [0.25, 0.3) is 0 Å². The third-order valence-corrected chi connectivity index (χ3v) is 3.83. The minimum absolute atomic E-state index is 0.0710. The monoisotopic (exact) mass is 389 g/mol. The van der Waals surface area contributed by atoms with E-state index < -0.39 is 29.7 Å². The highest BCUT2D eigenvalue weighted by Crippen LogP contribution is 2.29. The molecule has 2 aromatic rings. The smallest absolute Gasteiger partial charge is 0.307 e. The second-order valence-corrected chi connectivity index (χ2v) is 5.90. The van der Waals surface area contributed by atoms with Gasteiger partial charge in [0.2, 0.25) is 5.91 Å². The molecule has 0 bridgehead atoms. The van der Waals surface area contributed by atoms with E-state index >= 15 is 0 Å². The molecule has 0 aliphatic carbocycles. The summed E-state index contributed by atoms with van der Waals surface area (Å²) in [5, 5.41) is 11.3. The van der Waals surface area contributed by atoms with Gasteiger partial charge >= 0.3 is 11.9 Å². The molecule has 7 nitrogen and oxygen atoms in total. The summed E-state index contributed by atoms with van der Waals surface area (Å²) in [4.78, 5) is 34.4. The van der Waals surface area contributed by atoms with Gasteiger partial charge in [0.05, 0.1) is 26.0 Å². The maximum Gasteiger partial charge on any atom is 0.307 e. The summed E-state index contributed by atoms with van der Waals surface area (Å²) in [6.45, 7) is 0. The van der Waals surface area contributed by atoms with Crippen molar-refractivity contribution in [1.29, 1.82) is 0 Å². The van der Waals surface area contributed by atoms with Crippen molar-refractivity contribution in [2.45, 2.75) is 25.3 Å². The predicted molar refractivity (Wildman–Crippen MR) is 97.3 cm³/mol. The van der Waals surface area contributed by atoms with Crippen molar-refractivity contribution in [1.82, 2.24) is 5.32 Å². The number of nitrogens with one attached hydrogen (secondary N) is 1. The van der Waals surface area contributed by atoms with Crippen LogP contribution in [0.1, 0.15) is 30.9 Å².